The van der Waals surface area contributed by atoms with Crippen LogP contribution in [0.25, 0.3) is 5.57 Å². The van der Waals surface area contributed by atoms with Crippen molar-refractivity contribution in [3.05, 3.63) is 81.6 Å². The Balaban J connectivity index is 1.42. The van der Waals surface area contributed by atoms with Gasteiger partial charge in [0.2, 0.25) is 0 Å². The first-order chi connectivity index (χ1) is 15.5. The number of anilines is 1. The summed E-state index contributed by atoms with van der Waals surface area (Å²) in [4.78, 5) is 33.4. The largest absolute Gasteiger partial charge is 0.467 e. The summed E-state index contributed by atoms with van der Waals surface area (Å²) in [5.41, 5.74) is 4.83. The Morgan fingerprint density at radius 1 is 0.906 bits per heavy atom. The van der Waals surface area contributed by atoms with Crippen molar-refractivity contribution in [1.82, 2.24) is 9.80 Å². The fraction of sp³-hybridized carbons (Fsp3) is 0.280. The standard InChI is InChI=1S/C25H25N3O3S/c1-17-6-3-8-20(18(17)2)26-10-12-27(13-11-26)23-22(21-9-5-15-32-21)24(29)28(25(23)30)16-19-7-4-14-31-19/h3-9,14-15H,10-13,16H2,1-2H3. The lowest BCUT2D eigenvalue weighted by Crippen LogP contribution is -2.47. The zero-order valence-corrected chi connectivity index (χ0v) is 19.0. The Kier molecular flexibility index (Phi) is 5.35. The van der Waals surface area contributed by atoms with E-state index in [9.17, 15) is 9.59 Å². The molecule has 1 saturated heterocycles. The van der Waals surface area contributed by atoms with Gasteiger partial charge in [0.15, 0.2) is 0 Å². The number of nitrogens with zero attached hydrogens (tertiary/aromatic N) is 3. The van der Waals surface area contributed by atoms with E-state index in [4.69, 9.17) is 4.42 Å². The molecule has 0 saturated carbocycles. The lowest BCUT2D eigenvalue weighted by Gasteiger charge is -2.38. The highest BCUT2D eigenvalue weighted by Gasteiger charge is 2.42. The summed E-state index contributed by atoms with van der Waals surface area (Å²) in [5.74, 6) is 0.106. The van der Waals surface area contributed by atoms with Crippen LogP contribution in [0.3, 0.4) is 0 Å². The number of hydrogen-bond acceptors (Lipinski definition) is 6. The highest BCUT2D eigenvalue weighted by molar-refractivity contribution is 7.11. The van der Waals surface area contributed by atoms with Crippen LogP contribution >= 0.6 is 11.3 Å². The quantitative estimate of drug-likeness (QED) is 0.552. The van der Waals surface area contributed by atoms with Crippen molar-refractivity contribution in [2.24, 2.45) is 0 Å². The van der Waals surface area contributed by atoms with E-state index in [1.807, 2.05) is 17.5 Å². The van der Waals surface area contributed by atoms with Gasteiger partial charge < -0.3 is 14.2 Å². The van der Waals surface area contributed by atoms with Crippen molar-refractivity contribution in [1.29, 1.82) is 0 Å². The molecule has 2 aliphatic heterocycles. The lowest BCUT2D eigenvalue weighted by molar-refractivity contribution is -0.138. The predicted molar refractivity (Wildman–Crippen MR) is 125 cm³/mol. The maximum Gasteiger partial charge on any atom is 0.278 e. The zero-order chi connectivity index (χ0) is 22.2. The summed E-state index contributed by atoms with van der Waals surface area (Å²) in [6.45, 7) is 7.39. The summed E-state index contributed by atoms with van der Waals surface area (Å²) in [5, 5.41) is 1.94. The smallest absolute Gasteiger partial charge is 0.278 e. The molecule has 0 spiro atoms. The number of piperazine rings is 1. The molecule has 4 heterocycles. The molecule has 0 unspecified atom stereocenters. The third-order valence-electron chi connectivity index (χ3n) is 6.32. The summed E-state index contributed by atoms with van der Waals surface area (Å²) >= 11 is 1.49. The van der Waals surface area contributed by atoms with Crippen molar-refractivity contribution in [3.63, 3.8) is 0 Å². The second-order valence-electron chi connectivity index (χ2n) is 8.17. The molecule has 7 heteroatoms. The van der Waals surface area contributed by atoms with Crippen LogP contribution in [0.2, 0.25) is 0 Å². The van der Waals surface area contributed by atoms with Crippen LogP contribution in [0, 0.1) is 13.8 Å². The second-order valence-corrected chi connectivity index (χ2v) is 9.12. The Morgan fingerprint density at radius 3 is 2.38 bits per heavy atom. The number of furan rings is 1. The van der Waals surface area contributed by atoms with Gasteiger partial charge in [-0.1, -0.05) is 18.2 Å². The third kappa shape index (κ3) is 3.52. The van der Waals surface area contributed by atoms with Crippen LogP contribution in [0.5, 0.6) is 0 Å². The first kappa shape index (κ1) is 20.6. The van der Waals surface area contributed by atoms with E-state index in [0.717, 1.165) is 18.0 Å². The van der Waals surface area contributed by atoms with Gasteiger partial charge in [-0.25, -0.2) is 0 Å². The maximum absolute atomic E-state index is 13.5. The predicted octanol–water partition coefficient (Wildman–Crippen LogP) is 4.06. The van der Waals surface area contributed by atoms with Crippen LogP contribution in [-0.2, 0) is 16.1 Å². The number of hydrogen-bond donors (Lipinski definition) is 0. The molecule has 0 radical (unpaired) electrons. The van der Waals surface area contributed by atoms with Crippen molar-refractivity contribution in [2.45, 2.75) is 20.4 Å². The van der Waals surface area contributed by atoms with Gasteiger partial charge in [-0.05, 0) is 54.6 Å². The molecular formula is C25H25N3O3S. The van der Waals surface area contributed by atoms with E-state index in [1.165, 1.54) is 33.1 Å². The first-order valence-corrected chi connectivity index (χ1v) is 11.7. The summed E-state index contributed by atoms with van der Waals surface area (Å²) in [7, 11) is 0. The van der Waals surface area contributed by atoms with Gasteiger partial charge in [0, 0.05) is 36.7 Å². The summed E-state index contributed by atoms with van der Waals surface area (Å²) in [6, 6.07) is 13.7. The van der Waals surface area contributed by atoms with Gasteiger partial charge in [-0.3, -0.25) is 14.5 Å². The zero-order valence-electron chi connectivity index (χ0n) is 18.2. The Bertz CT molecular complexity index is 1170. The molecule has 5 rings (SSSR count). The highest BCUT2D eigenvalue weighted by Crippen LogP contribution is 2.35. The lowest BCUT2D eigenvalue weighted by atomic mass is 10.1. The number of carbonyl (C=O) groups excluding carboxylic acids is 2. The minimum atomic E-state index is -0.249. The maximum atomic E-state index is 13.5. The molecular weight excluding hydrogens is 422 g/mol. The van der Waals surface area contributed by atoms with Crippen LogP contribution in [0.15, 0.2) is 64.2 Å². The summed E-state index contributed by atoms with van der Waals surface area (Å²) in [6.07, 6.45) is 1.56. The van der Waals surface area contributed by atoms with E-state index in [1.54, 1.807) is 18.4 Å². The SMILES string of the molecule is Cc1cccc(N2CCN(C3=C(c4cccs4)C(=O)N(Cc4ccco4)C3=O)CC2)c1C. The van der Waals surface area contributed by atoms with E-state index in [2.05, 4.69) is 41.8 Å². The van der Waals surface area contributed by atoms with E-state index >= 15 is 0 Å². The van der Waals surface area contributed by atoms with E-state index < -0.39 is 0 Å². The average molecular weight is 448 g/mol. The first-order valence-electron chi connectivity index (χ1n) is 10.8. The number of aryl methyl sites for hydroxylation is 1. The van der Waals surface area contributed by atoms with E-state index in [0.29, 0.717) is 30.1 Å². The van der Waals surface area contributed by atoms with Crippen molar-refractivity contribution in [3.8, 4) is 0 Å². The molecule has 2 amide bonds. The third-order valence-corrected chi connectivity index (χ3v) is 7.21. The molecule has 2 aliphatic rings. The van der Waals surface area contributed by atoms with Crippen LogP contribution in [0.1, 0.15) is 21.8 Å². The molecule has 0 aliphatic carbocycles. The molecule has 0 bridgehead atoms. The second kappa shape index (κ2) is 8.31. The molecule has 2 aromatic heterocycles. The van der Waals surface area contributed by atoms with Crippen LogP contribution in [-0.4, -0.2) is 47.8 Å². The molecule has 6 nitrogen and oxygen atoms in total. The van der Waals surface area contributed by atoms with Crippen molar-refractivity contribution in [2.75, 3.05) is 31.1 Å². The fourth-order valence-electron chi connectivity index (χ4n) is 4.45. The number of rotatable bonds is 5. The van der Waals surface area contributed by atoms with Gasteiger partial charge in [0.25, 0.3) is 11.8 Å². The fourth-order valence-corrected chi connectivity index (χ4v) is 5.21. The number of carbonyl (C=O) groups is 2. The Hall–Kier alpha value is -3.32. The van der Waals surface area contributed by atoms with Gasteiger partial charge in [-0.2, -0.15) is 0 Å². The molecule has 0 atom stereocenters. The summed E-state index contributed by atoms with van der Waals surface area (Å²) < 4.78 is 5.40. The minimum Gasteiger partial charge on any atom is -0.467 e. The molecule has 1 fully saturated rings. The normalized spacial score (nSPS) is 17.1. The van der Waals surface area contributed by atoms with Crippen molar-refractivity contribution < 1.29 is 14.0 Å². The Morgan fingerprint density at radius 2 is 1.69 bits per heavy atom. The van der Waals surface area contributed by atoms with Gasteiger partial charge in [0.1, 0.15) is 11.5 Å². The number of benzene rings is 1. The molecule has 3 aromatic rings. The van der Waals surface area contributed by atoms with Gasteiger partial charge in [0.05, 0.1) is 18.4 Å². The highest BCUT2D eigenvalue weighted by atomic mass is 32.1. The van der Waals surface area contributed by atoms with Crippen molar-refractivity contribution >= 4 is 34.4 Å². The van der Waals surface area contributed by atoms with Gasteiger partial charge >= 0.3 is 0 Å². The van der Waals surface area contributed by atoms with Gasteiger partial charge in [-0.15, -0.1) is 11.3 Å². The molecule has 32 heavy (non-hydrogen) atoms. The molecule has 0 N–H and O–H groups in total. The number of imide groups is 1. The minimum absolute atomic E-state index is 0.144. The number of thiophene rings is 1. The van der Waals surface area contributed by atoms with Crippen LogP contribution < -0.4 is 4.90 Å². The van der Waals surface area contributed by atoms with E-state index in [-0.39, 0.29) is 18.4 Å². The number of amides is 2. The molecule has 1 aromatic carbocycles. The monoisotopic (exact) mass is 447 g/mol. The Labute approximate surface area is 191 Å². The molecule has 164 valence electrons. The average Bonchev–Trinajstić information content (AvgIpc) is 3.55. The van der Waals surface area contributed by atoms with Crippen LogP contribution in [0.4, 0.5) is 5.69 Å². The topological polar surface area (TPSA) is 57.0 Å².